The van der Waals surface area contributed by atoms with Gasteiger partial charge in [-0.25, -0.2) is 4.79 Å². The fraction of sp³-hybridized carbons (Fsp3) is 0.136. The second-order valence-electron chi connectivity index (χ2n) is 6.12. The number of halogens is 1. The van der Waals surface area contributed by atoms with Gasteiger partial charge in [-0.05, 0) is 55.0 Å². The van der Waals surface area contributed by atoms with Gasteiger partial charge in [0.25, 0.3) is 0 Å². The number of nitrogens with two attached hydrogens (primary N) is 1. The van der Waals surface area contributed by atoms with Gasteiger partial charge < -0.3 is 20.5 Å². The number of hydrogen-bond donors (Lipinski definition) is 2. The van der Waals surface area contributed by atoms with Crippen LogP contribution in [0.25, 0.3) is 0 Å². The van der Waals surface area contributed by atoms with Crippen LogP contribution in [-0.4, -0.2) is 12.6 Å². The molecule has 0 aliphatic carbocycles. The van der Waals surface area contributed by atoms with E-state index >= 15 is 0 Å². The van der Waals surface area contributed by atoms with Crippen molar-refractivity contribution < 1.29 is 14.3 Å². The average molecular weight is 397 g/mol. The molecule has 0 radical (unpaired) electrons. The highest BCUT2D eigenvalue weighted by Gasteiger charge is 2.15. The Morgan fingerprint density at radius 1 is 1.04 bits per heavy atom. The van der Waals surface area contributed by atoms with Crippen molar-refractivity contribution in [3.05, 3.63) is 77.3 Å². The standard InChI is InChI=1S/C22H21ClN2O3/c1-2-12-27-22(26)18-14-16(24)9-10-19(18)25-20-13-15(23)8-11-21(20)28-17-6-4-3-5-7-17/h3-11,13-14,25H,2,12,24H2,1H3. The lowest BCUT2D eigenvalue weighted by Crippen LogP contribution is -2.09. The number of nitrogens with one attached hydrogen (secondary N) is 1. The highest BCUT2D eigenvalue weighted by atomic mass is 35.5. The van der Waals surface area contributed by atoms with Crippen molar-refractivity contribution in [3.63, 3.8) is 0 Å². The number of esters is 1. The van der Waals surface area contributed by atoms with Gasteiger partial charge in [0.15, 0.2) is 5.75 Å². The van der Waals surface area contributed by atoms with E-state index in [0.29, 0.717) is 45.8 Å². The van der Waals surface area contributed by atoms with Gasteiger partial charge in [0.05, 0.1) is 23.5 Å². The second kappa shape index (κ2) is 9.15. The normalized spacial score (nSPS) is 10.4. The van der Waals surface area contributed by atoms with Crippen molar-refractivity contribution in [2.75, 3.05) is 17.7 Å². The second-order valence-corrected chi connectivity index (χ2v) is 6.56. The fourth-order valence-electron chi connectivity index (χ4n) is 2.56. The van der Waals surface area contributed by atoms with Crippen LogP contribution in [0.2, 0.25) is 5.02 Å². The van der Waals surface area contributed by atoms with Gasteiger partial charge in [-0.2, -0.15) is 0 Å². The van der Waals surface area contributed by atoms with Crippen molar-refractivity contribution in [2.45, 2.75) is 13.3 Å². The summed E-state index contributed by atoms with van der Waals surface area (Å²) in [7, 11) is 0. The Balaban J connectivity index is 1.93. The zero-order valence-corrected chi connectivity index (χ0v) is 16.2. The maximum atomic E-state index is 12.4. The lowest BCUT2D eigenvalue weighted by molar-refractivity contribution is 0.0506. The minimum Gasteiger partial charge on any atom is -0.462 e. The van der Waals surface area contributed by atoms with Crippen LogP contribution in [0.3, 0.4) is 0 Å². The Kier molecular flexibility index (Phi) is 6.40. The summed E-state index contributed by atoms with van der Waals surface area (Å²) in [5.74, 6) is 0.817. The molecule has 0 saturated carbocycles. The average Bonchev–Trinajstić information content (AvgIpc) is 2.70. The first-order valence-corrected chi connectivity index (χ1v) is 9.30. The third-order valence-corrected chi connectivity index (χ3v) is 4.12. The van der Waals surface area contributed by atoms with Gasteiger partial charge in [-0.3, -0.25) is 0 Å². The van der Waals surface area contributed by atoms with Gasteiger partial charge in [0.1, 0.15) is 5.75 Å². The number of rotatable bonds is 7. The van der Waals surface area contributed by atoms with Gasteiger partial charge in [0, 0.05) is 10.7 Å². The molecule has 0 aliphatic heterocycles. The van der Waals surface area contributed by atoms with Crippen LogP contribution in [-0.2, 0) is 4.74 Å². The van der Waals surface area contributed by atoms with E-state index in [0.717, 1.165) is 6.42 Å². The minimum atomic E-state index is -0.441. The summed E-state index contributed by atoms with van der Waals surface area (Å²) in [5.41, 5.74) is 7.85. The zero-order valence-electron chi connectivity index (χ0n) is 15.4. The predicted octanol–water partition coefficient (Wildman–Crippen LogP) is 6.02. The van der Waals surface area contributed by atoms with E-state index < -0.39 is 5.97 Å². The summed E-state index contributed by atoms with van der Waals surface area (Å²) < 4.78 is 11.2. The lowest BCUT2D eigenvalue weighted by Gasteiger charge is -2.16. The molecule has 5 nitrogen and oxygen atoms in total. The van der Waals surface area contributed by atoms with Gasteiger partial charge in [0.2, 0.25) is 0 Å². The van der Waals surface area contributed by atoms with Crippen molar-refractivity contribution in [3.8, 4) is 11.5 Å². The van der Waals surface area contributed by atoms with E-state index in [2.05, 4.69) is 5.32 Å². The van der Waals surface area contributed by atoms with E-state index in [1.54, 1.807) is 36.4 Å². The molecule has 3 N–H and O–H groups in total. The van der Waals surface area contributed by atoms with Crippen molar-refractivity contribution >= 4 is 34.6 Å². The molecule has 6 heteroatoms. The van der Waals surface area contributed by atoms with Gasteiger partial charge in [-0.15, -0.1) is 0 Å². The molecule has 0 amide bonds. The van der Waals surface area contributed by atoms with Crippen LogP contribution in [0.15, 0.2) is 66.7 Å². The number of nitrogen functional groups attached to an aromatic ring is 1. The molecule has 3 rings (SSSR count). The lowest BCUT2D eigenvalue weighted by atomic mass is 10.1. The molecule has 0 spiro atoms. The van der Waals surface area contributed by atoms with Crippen LogP contribution in [0, 0.1) is 0 Å². The summed E-state index contributed by atoms with van der Waals surface area (Å²) in [6.45, 7) is 2.28. The number of ether oxygens (including phenoxy) is 2. The summed E-state index contributed by atoms with van der Waals surface area (Å²) in [5, 5.41) is 3.76. The third kappa shape index (κ3) is 4.96. The molecule has 0 unspecified atom stereocenters. The first kappa shape index (κ1) is 19.6. The molecule has 0 aliphatic rings. The zero-order chi connectivity index (χ0) is 19.9. The van der Waals surface area contributed by atoms with Crippen LogP contribution >= 0.6 is 11.6 Å². The van der Waals surface area contributed by atoms with Gasteiger partial charge >= 0.3 is 5.97 Å². The predicted molar refractivity (Wildman–Crippen MR) is 113 cm³/mol. The number of hydrogen-bond acceptors (Lipinski definition) is 5. The van der Waals surface area contributed by atoms with Crippen molar-refractivity contribution in [2.24, 2.45) is 0 Å². The van der Waals surface area contributed by atoms with Crippen LogP contribution in [0.1, 0.15) is 23.7 Å². The Labute approximate surface area is 169 Å². The largest absolute Gasteiger partial charge is 0.462 e. The molecule has 0 bridgehead atoms. The van der Waals surface area contributed by atoms with Crippen LogP contribution in [0.5, 0.6) is 11.5 Å². The fourth-order valence-corrected chi connectivity index (χ4v) is 2.73. The number of para-hydroxylation sites is 1. The van der Waals surface area contributed by atoms with E-state index in [1.165, 1.54) is 0 Å². The molecule has 0 fully saturated rings. The molecule has 0 heterocycles. The molecule has 28 heavy (non-hydrogen) atoms. The van der Waals surface area contributed by atoms with Crippen molar-refractivity contribution in [1.82, 2.24) is 0 Å². The van der Waals surface area contributed by atoms with E-state index in [4.69, 9.17) is 26.8 Å². The molecular formula is C22H21ClN2O3. The highest BCUT2D eigenvalue weighted by Crippen LogP contribution is 2.35. The Morgan fingerprint density at radius 2 is 1.82 bits per heavy atom. The van der Waals surface area contributed by atoms with E-state index in [1.807, 2.05) is 37.3 Å². The molecule has 144 valence electrons. The summed E-state index contributed by atoms with van der Waals surface area (Å²) >= 11 is 6.17. The first-order chi connectivity index (χ1) is 13.6. The molecule has 0 saturated heterocycles. The van der Waals surface area contributed by atoms with Crippen molar-refractivity contribution in [1.29, 1.82) is 0 Å². The summed E-state index contributed by atoms with van der Waals surface area (Å²) in [6, 6.07) is 19.7. The highest BCUT2D eigenvalue weighted by molar-refractivity contribution is 6.31. The molecule has 0 aromatic heterocycles. The number of benzene rings is 3. The minimum absolute atomic E-state index is 0.340. The van der Waals surface area contributed by atoms with Crippen LogP contribution in [0.4, 0.5) is 17.1 Å². The summed E-state index contributed by atoms with van der Waals surface area (Å²) in [4.78, 5) is 12.4. The maximum Gasteiger partial charge on any atom is 0.340 e. The van der Waals surface area contributed by atoms with E-state index in [-0.39, 0.29) is 0 Å². The molecular weight excluding hydrogens is 376 g/mol. The number of carbonyl (C=O) groups is 1. The molecule has 3 aromatic carbocycles. The Morgan fingerprint density at radius 3 is 2.57 bits per heavy atom. The number of anilines is 3. The summed E-state index contributed by atoms with van der Waals surface area (Å²) in [6.07, 6.45) is 0.736. The quantitative estimate of drug-likeness (QED) is 0.377. The molecule has 0 atom stereocenters. The monoisotopic (exact) mass is 396 g/mol. The third-order valence-electron chi connectivity index (χ3n) is 3.88. The first-order valence-electron chi connectivity index (χ1n) is 8.93. The smallest absolute Gasteiger partial charge is 0.340 e. The molecule has 3 aromatic rings. The number of carbonyl (C=O) groups excluding carboxylic acids is 1. The van der Waals surface area contributed by atoms with Gasteiger partial charge in [-0.1, -0.05) is 36.7 Å². The SMILES string of the molecule is CCCOC(=O)c1cc(N)ccc1Nc1cc(Cl)ccc1Oc1ccccc1. The Bertz CT molecular complexity index is 961. The van der Waals surface area contributed by atoms with E-state index in [9.17, 15) is 4.79 Å². The van der Waals surface area contributed by atoms with Crippen LogP contribution < -0.4 is 15.8 Å². The topological polar surface area (TPSA) is 73.6 Å². The maximum absolute atomic E-state index is 12.4. The Hall–Kier alpha value is -3.18.